The maximum atomic E-state index is 12.0. The largest absolute Gasteiger partial charge is 0.456 e. The van der Waals surface area contributed by atoms with Gasteiger partial charge in [0.25, 0.3) is 5.69 Å². The van der Waals surface area contributed by atoms with E-state index in [1.54, 1.807) is 24.3 Å². The maximum absolute atomic E-state index is 12.0. The quantitative estimate of drug-likeness (QED) is 0.529. The zero-order chi connectivity index (χ0) is 15.0. The van der Waals surface area contributed by atoms with Crippen LogP contribution >= 0.6 is 11.6 Å². The number of benzene rings is 2. The van der Waals surface area contributed by atoms with Crippen LogP contribution in [0.3, 0.4) is 0 Å². The van der Waals surface area contributed by atoms with Crippen molar-refractivity contribution in [2.45, 2.75) is 0 Å². The Bertz CT molecular complexity index is 917. The molecule has 0 spiro atoms. The fraction of sp³-hybridized carbons (Fsp3) is 0. The average Bonchev–Trinajstić information content (AvgIpc) is 2.47. The summed E-state index contributed by atoms with van der Waals surface area (Å²) >= 11 is 6.05. The van der Waals surface area contributed by atoms with Crippen molar-refractivity contribution in [2.75, 3.05) is 0 Å². The van der Waals surface area contributed by atoms with Gasteiger partial charge in [-0.2, -0.15) is 0 Å². The Morgan fingerprint density at radius 2 is 1.86 bits per heavy atom. The molecule has 0 saturated carbocycles. The number of hydrogen-bond donors (Lipinski definition) is 0. The Hall–Kier alpha value is -2.66. The second-order valence-electron chi connectivity index (χ2n) is 4.39. The molecule has 0 amide bonds. The highest BCUT2D eigenvalue weighted by Crippen LogP contribution is 2.31. The second-order valence-corrected chi connectivity index (χ2v) is 4.80. The minimum absolute atomic E-state index is 0.119. The molecule has 1 aromatic heterocycles. The van der Waals surface area contributed by atoms with Crippen LogP contribution in [0.2, 0.25) is 5.02 Å². The molecule has 3 rings (SSSR count). The summed E-state index contributed by atoms with van der Waals surface area (Å²) < 4.78 is 5.66. The number of non-ortho nitro benzene ring substituents is 1. The first-order chi connectivity index (χ1) is 10.1. The van der Waals surface area contributed by atoms with Crippen LogP contribution in [-0.2, 0) is 0 Å². The fourth-order valence-electron chi connectivity index (χ4n) is 2.05. The molecular weight excluding hydrogens is 294 g/mol. The summed E-state index contributed by atoms with van der Waals surface area (Å²) in [7, 11) is 0. The van der Waals surface area contributed by atoms with Gasteiger partial charge in [-0.3, -0.25) is 14.9 Å². The molecule has 5 nitrogen and oxygen atoms in total. The monoisotopic (exact) mass is 301 g/mol. The van der Waals surface area contributed by atoms with E-state index in [9.17, 15) is 14.9 Å². The van der Waals surface area contributed by atoms with Crippen LogP contribution in [0, 0.1) is 10.1 Å². The first-order valence-electron chi connectivity index (χ1n) is 6.03. The van der Waals surface area contributed by atoms with Crippen molar-refractivity contribution < 1.29 is 9.34 Å². The highest BCUT2D eigenvalue weighted by Gasteiger charge is 2.13. The fourth-order valence-corrected chi connectivity index (χ4v) is 2.32. The SMILES string of the molecule is O=c1cc(-c2ccc([N+](=O)[O-])cc2Cl)oc2ccccc12. The molecule has 0 bridgehead atoms. The number of rotatable bonds is 2. The minimum Gasteiger partial charge on any atom is -0.456 e. The summed E-state index contributed by atoms with van der Waals surface area (Å²) in [5.41, 5.74) is 0.563. The summed E-state index contributed by atoms with van der Waals surface area (Å²) in [4.78, 5) is 22.2. The third kappa shape index (κ3) is 2.39. The van der Waals surface area contributed by atoms with Crippen molar-refractivity contribution in [3.63, 3.8) is 0 Å². The highest BCUT2D eigenvalue weighted by molar-refractivity contribution is 6.33. The Labute approximate surface area is 123 Å². The van der Waals surface area contributed by atoms with Gasteiger partial charge in [0.1, 0.15) is 11.3 Å². The predicted molar refractivity (Wildman–Crippen MR) is 79.6 cm³/mol. The van der Waals surface area contributed by atoms with E-state index in [0.717, 1.165) is 0 Å². The molecule has 1 heterocycles. The number of nitrogens with zero attached hydrogens (tertiary/aromatic N) is 1. The Kier molecular flexibility index (Phi) is 3.19. The Morgan fingerprint density at radius 1 is 1.10 bits per heavy atom. The third-order valence-electron chi connectivity index (χ3n) is 3.06. The van der Waals surface area contributed by atoms with Crippen LogP contribution in [0.5, 0.6) is 0 Å². The molecule has 104 valence electrons. The standard InChI is InChI=1S/C15H8ClNO4/c16-12-7-9(17(19)20)5-6-10(12)15-8-13(18)11-3-1-2-4-14(11)21-15/h1-8H. The molecule has 0 atom stereocenters. The van der Waals surface area contributed by atoms with Crippen LogP contribution in [0.4, 0.5) is 5.69 Å². The average molecular weight is 302 g/mol. The van der Waals surface area contributed by atoms with E-state index >= 15 is 0 Å². The molecule has 0 aliphatic carbocycles. The van der Waals surface area contributed by atoms with Crippen molar-refractivity contribution in [2.24, 2.45) is 0 Å². The van der Waals surface area contributed by atoms with Crippen LogP contribution in [-0.4, -0.2) is 4.92 Å². The summed E-state index contributed by atoms with van der Waals surface area (Å²) in [6.45, 7) is 0. The topological polar surface area (TPSA) is 73.3 Å². The first-order valence-corrected chi connectivity index (χ1v) is 6.41. The third-order valence-corrected chi connectivity index (χ3v) is 3.38. The van der Waals surface area contributed by atoms with Crippen molar-refractivity contribution in [1.82, 2.24) is 0 Å². The molecule has 0 radical (unpaired) electrons. The molecule has 21 heavy (non-hydrogen) atoms. The molecule has 0 saturated heterocycles. The molecule has 0 unspecified atom stereocenters. The van der Waals surface area contributed by atoms with Crippen LogP contribution in [0.1, 0.15) is 0 Å². The summed E-state index contributed by atoms with van der Waals surface area (Å²) in [5.74, 6) is 0.276. The van der Waals surface area contributed by atoms with Gasteiger partial charge in [-0.25, -0.2) is 0 Å². The molecule has 0 N–H and O–H groups in total. The lowest BCUT2D eigenvalue weighted by Crippen LogP contribution is -2.00. The van der Waals surface area contributed by atoms with Gasteiger partial charge >= 0.3 is 0 Å². The number of hydrogen-bond acceptors (Lipinski definition) is 4. The maximum Gasteiger partial charge on any atom is 0.270 e. The van der Waals surface area contributed by atoms with Crippen molar-refractivity contribution in [3.8, 4) is 11.3 Å². The van der Waals surface area contributed by atoms with Gasteiger partial charge in [0.15, 0.2) is 5.43 Å². The smallest absolute Gasteiger partial charge is 0.270 e. The van der Waals surface area contributed by atoms with Crippen molar-refractivity contribution in [1.29, 1.82) is 0 Å². The lowest BCUT2D eigenvalue weighted by Gasteiger charge is -2.05. The van der Waals surface area contributed by atoms with Crippen molar-refractivity contribution >= 4 is 28.3 Å². The van der Waals surface area contributed by atoms with Gasteiger partial charge in [-0.05, 0) is 18.2 Å². The van der Waals surface area contributed by atoms with Gasteiger partial charge in [-0.1, -0.05) is 23.7 Å². The summed E-state index contributed by atoms with van der Waals surface area (Å²) in [6, 6.07) is 12.2. The van der Waals surface area contributed by atoms with Gasteiger partial charge in [0.2, 0.25) is 0 Å². The number of halogens is 1. The number of nitro groups is 1. The minimum atomic E-state index is -0.535. The van der Waals surface area contributed by atoms with E-state index in [0.29, 0.717) is 16.5 Å². The van der Waals surface area contributed by atoms with E-state index in [-0.39, 0.29) is 21.9 Å². The van der Waals surface area contributed by atoms with Gasteiger partial charge in [0.05, 0.1) is 15.3 Å². The molecule has 0 aliphatic rings. The van der Waals surface area contributed by atoms with E-state index in [1.807, 2.05) is 0 Å². The number of fused-ring (bicyclic) bond motifs is 1. The van der Waals surface area contributed by atoms with Gasteiger partial charge in [-0.15, -0.1) is 0 Å². The van der Waals surface area contributed by atoms with Crippen LogP contribution in [0.25, 0.3) is 22.3 Å². The molecule has 0 aliphatic heterocycles. The zero-order valence-electron chi connectivity index (χ0n) is 10.6. The van der Waals surface area contributed by atoms with Crippen LogP contribution in [0.15, 0.2) is 57.7 Å². The summed E-state index contributed by atoms with van der Waals surface area (Å²) in [6.07, 6.45) is 0. The second kappa shape index (κ2) is 5.03. The van der Waals surface area contributed by atoms with E-state index in [1.165, 1.54) is 24.3 Å². The number of para-hydroxylation sites is 1. The Morgan fingerprint density at radius 3 is 2.57 bits per heavy atom. The normalized spacial score (nSPS) is 10.7. The van der Waals surface area contributed by atoms with Crippen LogP contribution < -0.4 is 5.43 Å². The lowest BCUT2D eigenvalue weighted by atomic mass is 10.1. The van der Waals surface area contributed by atoms with E-state index in [2.05, 4.69) is 0 Å². The van der Waals surface area contributed by atoms with Gasteiger partial charge < -0.3 is 4.42 Å². The summed E-state index contributed by atoms with van der Waals surface area (Å²) in [5, 5.41) is 11.3. The zero-order valence-corrected chi connectivity index (χ0v) is 11.3. The van der Waals surface area contributed by atoms with E-state index < -0.39 is 4.92 Å². The molecule has 3 aromatic rings. The van der Waals surface area contributed by atoms with Crippen molar-refractivity contribution in [3.05, 3.63) is 73.9 Å². The lowest BCUT2D eigenvalue weighted by molar-refractivity contribution is -0.384. The molecule has 2 aromatic carbocycles. The molecular formula is C15H8ClNO4. The van der Waals surface area contributed by atoms with Gasteiger partial charge in [0, 0.05) is 23.8 Å². The number of nitro benzene ring substituents is 1. The first kappa shape index (κ1) is 13.3. The predicted octanol–water partition coefficient (Wildman–Crippen LogP) is 4.02. The highest BCUT2D eigenvalue weighted by atomic mass is 35.5. The van der Waals surface area contributed by atoms with E-state index in [4.69, 9.17) is 16.0 Å². The molecule has 0 fully saturated rings. The Balaban J connectivity index is 2.21. The molecule has 6 heteroatoms.